The molecule has 2 aromatic rings. The standard InChI is InChI=1S/C12H12N2O/c1-2-10-4-6-11(7-5-10)15-12-13-8-3-9-14-12/h3-9H,2H2,1H3. The average Bonchev–Trinajstić information content (AvgIpc) is 2.31. The Kier molecular flexibility index (Phi) is 2.93. The van der Waals surface area contributed by atoms with Gasteiger partial charge in [-0.3, -0.25) is 0 Å². The van der Waals surface area contributed by atoms with E-state index in [1.165, 1.54) is 5.56 Å². The van der Waals surface area contributed by atoms with Crippen LogP contribution < -0.4 is 4.74 Å². The van der Waals surface area contributed by atoms with Gasteiger partial charge in [0, 0.05) is 12.4 Å². The van der Waals surface area contributed by atoms with Gasteiger partial charge in [-0.1, -0.05) is 19.1 Å². The van der Waals surface area contributed by atoms with E-state index >= 15 is 0 Å². The van der Waals surface area contributed by atoms with Crippen molar-refractivity contribution < 1.29 is 4.74 Å². The molecule has 0 aliphatic carbocycles. The zero-order valence-electron chi connectivity index (χ0n) is 8.55. The molecule has 1 heterocycles. The summed E-state index contributed by atoms with van der Waals surface area (Å²) < 4.78 is 5.46. The van der Waals surface area contributed by atoms with Crippen molar-refractivity contribution in [3.05, 3.63) is 48.3 Å². The highest BCUT2D eigenvalue weighted by molar-refractivity contribution is 5.28. The number of benzene rings is 1. The molecule has 0 aliphatic heterocycles. The fraction of sp³-hybridized carbons (Fsp3) is 0.167. The molecule has 0 unspecified atom stereocenters. The predicted octanol–water partition coefficient (Wildman–Crippen LogP) is 2.83. The van der Waals surface area contributed by atoms with Crippen molar-refractivity contribution in [1.82, 2.24) is 9.97 Å². The topological polar surface area (TPSA) is 35.0 Å². The Bertz CT molecular complexity index is 411. The highest BCUT2D eigenvalue weighted by atomic mass is 16.5. The van der Waals surface area contributed by atoms with E-state index in [0.717, 1.165) is 12.2 Å². The molecule has 0 saturated carbocycles. The van der Waals surface area contributed by atoms with Crippen LogP contribution in [0.25, 0.3) is 0 Å². The smallest absolute Gasteiger partial charge is 0.321 e. The number of ether oxygens (including phenoxy) is 1. The third-order valence-electron chi connectivity index (χ3n) is 2.08. The molecule has 0 bridgehead atoms. The molecule has 3 heteroatoms. The molecular formula is C12H12N2O. The second-order valence-corrected chi connectivity index (χ2v) is 3.13. The van der Waals surface area contributed by atoms with Crippen LogP contribution in [0.2, 0.25) is 0 Å². The predicted molar refractivity (Wildman–Crippen MR) is 57.9 cm³/mol. The van der Waals surface area contributed by atoms with Crippen LogP contribution in [0.5, 0.6) is 11.8 Å². The van der Waals surface area contributed by atoms with E-state index in [2.05, 4.69) is 16.9 Å². The summed E-state index contributed by atoms with van der Waals surface area (Å²) in [5, 5.41) is 0. The first kappa shape index (κ1) is 9.65. The van der Waals surface area contributed by atoms with Crippen LogP contribution in [0.15, 0.2) is 42.7 Å². The van der Waals surface area contributed by atoms with Crippen LogP contribution in [0.4, 0.5) is 0 Å². The Morgan fingerprint density at radius 2 is 1.73 bits per heavy atom. The average molecular weight is 200 g/mol. The largest absolute Gasteiger partial charge is 0.424 e. The van der Waals surface area contributed by atoms with Crippen molar-refractivity contribution in [1.29, 1.82) is 0 Å². The number of aromatic nitrogens is 2. The van der Waals surface area contributed by atoms with Gasteiger partial charge in [0.2, 0.25) is 0 Å². The number of hydrogen-bond donors (Lipinski definition) is 0. The van der Waals surface area contributed by atoms with E-state index in [1.807, 2.05) is 24.3 Å². The van der Waals surface area contributed by atoms with Crippen LogP contribution in [-0.4, -0.2) is 9.97 Å². The van der Waals surface area contributed by atoms with E-state index in [0.29, 0.717) is 6.01 Å². The molecule has 0 spiro atoms. The quantitative estimate of drug-likeness (QED) is 0.764. The Morgan fingerprint density at radius 3 is 2.33 bits per heavy atom. The van der Waals surface area contributed by atoms with Crippen LogP contribution in [-0.2, 0) is 6.42 Å². The Morgan fingerprint density at radius 1 is 1.07 bits per heavy atom. The highest BCUT2D eigenvalue weighted by Gasteiger charge is 1.98. The SMILES string of the molecule is CCc1ccc(Oc2ncccn2)cc1. The summed E-state index contributed by atoms with van der Waals surface area (Å²) in [5.41, 5.74) is 1.29. The van der Waals surface area contributed by atoms with Gasteiger partial charge in [-0.15, -0.1) is 0 Å². The van der Waals surface area contributed by atoms with Crippen molar-refractivity contribution in [2.24, 2.45) is 0 Å². The molecule has 3 nitrogen and oxygen atoms in total. The molecule has 1 aromatic carbocycles. The van der Waals surface area contributed by atoms with Crippen LogP contribution in [0, 0.1) is 0 Å². The minimum Gasteiger partial charge on any atom is -0.424 e. The lowest BCUT2D eigenvalue weighted by Crippen LogP contribution is -1.90. The monoisotopic (exact) mass is 200 g/mol. The van der Waals surface area contributed by atoms with Gasteiger partial charge in [0.1, 0.15) is 5.75 Å². The third kappa shape index (κ3) is 2.53. The maximum Gasteiger partial charge on any atom is 0.321 e. The van der Waals surface area contributed by atoms with Gasteiger partial charge in [0.05, 0.1) is 0 Å². The van der Waals surface area contributed by atoms with Crippen molar-refractivity contribution >= 4 is 0 Å². The van der Waals surface area contributed by atoms with E-state index in [4.69, 9.17) is 4.74 Å². The molecular weight excluding hydrogens is 188 g/mol. The molecule has 76 valence electrons. The zero-order valence-corrected chi connectivity index (χ0v) is 8.55. The van der Waals surface area contributed by atoms with Gasteiger partial charge in [0.25, 0.3) is 0 Å². The number of nitrogens with zero attached hydrogens (tertiary/aromatic N) is 2. The number of aryl methyl sites for hydroxylation is 1. The van der Waals surface area contributed by atoms with Crippen molar-refractivity contribution in [2.75, 3.05) is 0 Å². The first-order chi connectivity index (χ1) is 7.38. The first-order valence-corrected chi connectivity index (χ1v) is 4.92. The second kappa shape index (κ2) is 4.55. The lowest BCUT2D eigenvalue weighted by molar-refractivity contribution is 0.441. The van der Waals surface area contributed by atoms with Crippen molar-refractivity contribution in [2.45, 2.75) is 13.3 Å². The summed E-state index contributed by atoms with van der Waals surface area (Å²) in [6.07, 6.45) is 4.34. The molecule has 0 radical (unpaired) electrons. The van der Waals surface area contributed by atoms with E-state index in [9.17, 15) is 0 Å². The van der Waals surface area contributed by atoms with Crippen LogP contribution in [0.1, 0.15) is 12.5 Å². The van der Waals surface area contributed by atoms with Gasteiger partial charge < -0.3 is 4.74 Å². The maximum absolute atomic E-state index is 5.46. The summed E-state index contributed by atoms with van der Waals surface area (Å²) in [5.74, 6) is 0.762. The fourth-order valence-electron chi connectivity index (χ4n) is 1.24. The molecule has 15 heavy (non-hydrogen) atoms. The van der Waals surface area contributed by atoms with Crippen molar-refractivity contribution in [3.8, 4) is 11.8 Å². The summed E-state index contributed by atoms with van der Waals surface area (Å²) >= 11 is 0. The van der Waals surface area contributed by atoms with Crippen molar-refractivity contribution in [3.63, 3.8) is 0 Å². The fourth-order valence-corrected chi connectivity index (χ4v) is 1.24. The van der Waals surface area contributed by atoms with Crippen LogP contribution >= 0.6 is 0 Å². The minimum atomic E-state index is 0.377. The minimum absolute atomic E-state index is 0.377. The van der Waals surface area contributed by atoms with Gasteiger partial charge in [0.15, 0.2) is 0 Å². The summed E-state index contributed by atoms with van der Waals surface area (Å²) in [6, 6.07) is 10.1. The van der Waals surface area contributed by atoms with Gasteiger partial charge in [-0.05, 0) is 30.2 Å². The van der Waals surface area contributed by atoms with Gasteiger partial charge in [-0.25, -0.2) is 9.97 Å². The van der Waals surface area contributed by atoms with E-state index in [-0.39, 0.29) is 0 Å². The molecule has 0 amide bonds. The lowest BCUT2D eigenvalue weighted by Gasteiger charge is -2.03. The number of hydrogen-bond acceptors (Lipinski definition) is 3. The molecule has 1 aromatic heterocycles. The van der Waals surface area contributed by atoms with Gasteiger partial charge in [-0.2, -0.15) is 0 Å². The summed E-state index contributed by atoms with van der Waals surface area (Å²) in [7, 11) is 0. The molecule has 0 N–H and O–H groups in total. The Hall–Kier alpha value is -1.90. The molecule has 2 rings (SSSR count). The number of rotatable bonds is 3. The lowest BCUT2D eigenvalue weighted by atomic mass is 10.2. The molecule has 0 aliphatic rings. The first-order valence-electron chi connectivity index (χ1n) is 4.92. The zero-order chi connectivity index (χ0) is 10.5. The van der Waals surface area contributed by atoms with Gasteiger partial charge >= 0.3 is 6.01 Å². The molecule has 0 atom stereocenters. The van der Waals surface area contributed by atoms with E-state index < -0.39 is 0 Å². The molecule has 0 saturated heterocycles. The Balaban J connectivity index is 2.11. The maximum atomic E-state index is 5.46. The summed E-state index contributed by atoms with van der Waals surface area (Å²) in [6.45, 7) is 2.12. The van der Waals surface area contributed by atoms with Crippen LogP contribution in [0.3, 0.4) is 0 Å². The second-order valence-electron chi connectivity index (χ2n) is 3.13. The normalized spacial score (nSPS) is 9.93. The summed E-state index contributed by atoms with van der Waals surface area (Å²) in [4.78, 5) is 7.97. The Labute approximate surface area is 88.8 Å². The van der Waals surface area contributed by atoms with E-state index in [1.54, 1.807) is 18.5 Å². The highest BCUT2D eigenvalue weighted by Crippen LogP contribution is 2.17. The molecule has 0 fully saturated rings. The third-order valence-corrected chi connectivity index (χ3v) is 2.08.